The van der Waals surface area contributed by atoms with Crippen LogP contribution in [0.4, 0.5) is 0 Å². The summed E-state index contributed by atoms with van der Waals surface area (Å²) in [6, 6.07) is 7.88. The lowest BCUT2D eigenvalue weighted by molar-refractivity contribution is 0.337. The van der Waals surface area contributed by atoms with E-state index in [0.29, 0.717) is 18.2 Å². The lowest BCUT2D eigenvalue weighted by atomic mass is 10.2. The van der Waals surface area contributed by atoms with Crippen molar-refractivity contribution in [2.45, 2.75) is 6.92 Å². The number of rotatable bonds is 3. The van der Waals surface area contributed by atoms with Crippen LogP contribution in [0.1, 0.15) is 6.92 Å². The van der Waals surface area contributed by atoms with Gasteiger partial charge in [0.2, 0.25) is 0 Å². The molecule has 1 aromatic heterocycles. The predicted octanol–water partition coefficient (Wildman–Crippen LogP) is 3.30. The van der Waals surface area contributed by atoms with Gasteiger partial charge < -0.3 is 4.74 Å². The number of hydrogen-bond acceptors (Lipinski definition) is 3. The fraction of sp³-hybridized carbons (Fsp3) is 0.167. The maximum Gasteiger partial charge on any atom is 0.159 e. The Kier molecular flexibility index (Phi) is 3.51. The van der Waals surface area contributed by atoms with E-state index in [2.05, 4.69) is 25.9 Å². The second-order valence-corrected chi connectivity index (χ2v) is 4.10. The van der Waals surface area contributed by atoms with E-state index in [1.807, 2.05) is 31.2 Å². The quantitative estimate of drug-likeness (QED) is 0.864. The first-order valence-electron chi connectivity index (χ1n) is 5.00. The Labute approximate surface area is 103 Å². The first-order valence-corrected chi connectivity index (χ1v) is 5.79. The van der Waals surface area contributed by atoms with Crippen molar-refractivity contribution in [1.29, 1.82) is 0 Å². The normalized spacial score (nSPS) is 10.1. The summed E-state index contributed by atoms with van der Waals surface area (Å²) >= 11 is 3.39. The van der Waals surface area contributed by atoms with Crippen molar-refractivity contribution in [2.24, 2.45) is 0 Å². The van der Waals surface area contributed by atoms with Crippen LogP contribution in [0.5, 0.6) is 5.75 Å². The van der Waals surface area contributed by atoms with E-state index in [1.54, 1.807) is 12.4 Å². The van der Waals surface area contributed by atoms with Crippen LogP contribution in [-0.4, -0.2) is 16.6 Å². The summed E-state index contributed by atoms with van der Waals surface area (Å²) in [4.78, 5) is 8.49. The van der Waals surface area contributed by atoms with Crippen molar-refractivity contribution >= 4 is 15.9 Å². The monoisotopic (exact) mass is 278 g/mol. The van der Waals surface area contributed by atoms with Crippen molar-refractivity contribution < 1.29 is 4.74 Å². The molecule has 0 atom stereocenters. The van der Waals surface area contributed by atoms with Crippen molar-refractivity contribution in [3.63, 3.8) is 0 Å². The van der Waals surface area contributed by atoms with Crippen molar-refractivity contribution in [3.05, 3.63) is 41.1 Å². The van der Waals surface area contributed by atoms with Crippen LogP contribution in [0.15, 0.2) is 41.1 Å². The molecule has 0 bridgehead atoms. The lowest BCUT2D eigenvalue weighted by Gasteiger charge is -2.03. The Morgan fingerprint density at radius 3 is 2.31 bits per heavy atom. The summed E-state index contributed by atoms with van der Waals surface area (Å²) in [5.41, 5.74) is 0.992. The van der Waals surface area contributed by atoms with E-state index in [0.717, 1.165) is 10.0 Å². The highest BCUT2D eigenvalue weighted by Gasteiger charge is 2.01. The van der Waals surface area contributed by atoms with E-state index in [1.165, 1.54) is 0 Å². The van der Waals surface area contributed by atoms with Gasteiger partial charge in [0, 0.05) is 10.0 Å². The second kappa shape index (κ2) is 5.07. The molecule has 1 heterocycles. The highest BCUT2D eigenvalue weighted by atomic mass is 79.9. The van der Waals surface area contributed by atoms with Gasteiger partial charge in [-0.1, -0.05) is 28.1 Å². The topological polar surface area (TPSA) is 35.0 Å². The molecule has 1 aromatic carbocycles. The third kappa shape index (κ3) is 2.58. The van der Waals surface area contributed by atoms with E-state index >= 15 is 0 Å². The number of benzene rings is 1. The third-order valence-corrected chi connectivity index (χ3v) is 2.57. The molecule has 0 aliphatic heterocycles. The summed E-state index contributed by atoms with van der Waals surface area (Å²) in [5.74, 6) is 1.40. The number of nitrogens with zero attached hydrogens (tertiary/aromatic N) is 2. The predicted molar refractivity (Wildman–Crippen MR) is 66.3 cm³/mol. The van der Waals surface area contributed by atoms with Gasteiger partial charge in [-0.3, -0.25) is 0 Å². The van der Waals surface area contributed by atoms with Crippen molar-refractivity contribution in [2.75, 3.05) is 6.61 Å². The SMILES string of the molecule is CCOc1cnc(-c2ccc(Br)cc2)nc1. The van der Waals surface area contributed by atoms with E-state index in [9.17, 15) is 0 Å². The Bertz CT molecular complexity index is 453. The molecule has 16 heavy (non-hydrogen) atoms. The molecule has 0 N–H and O–H groups in total. The van der Waals surface area contributed by atoms with Crippen LogP contribution in [0, 0.1) is 0 Å². The van der Waals surface area contributed by atoms with Gasteiger partial charge in [-0.05, 0) is 19.1 Å². The highest BCUT2D eigenvalue weighted by Crippen LogP contribution is 2.19. The molecule has 0 aliphatic rings. The summed E-state index contributed by atoms with van der Waals surface area (Å²) in [5, 5.41) is 0. The molecule has 0 amide bonds. The fourth-order valence-corrected chi connectivity index (χ4v) is 1.57. The largest absolute Gasteiger partial charge is 0.491 e. The minimum absolute atomic E-state index is 0.626. The van der Waals surface area contributed by atoms with Crippen molar-refractivity contribution in [3.8, 4) is 17.1 Å². The van der Waals surface area contributed by atoms with Gasteiger partial charge in [0.1, 0.15) is 0 Å². The molecule has 2 aromatic rings. The van der Waals surface area contributed by atoms with Crippen LogP contribution in [0.25, 0.3) is 11.4 Å². The molecule has 0 aliphatic carbocycles. The Morgan fingerprint density at radius 2 is 1.75 bits per heavy atom. The van der Waals surface area contributed by atoms with Gasteiger partial charge in [0.05, 0.1) is 19.0 Å². The molecule has 0 unspecified atom stereocenters. The smallest absolute Gasteiger partial charge is 0.159 e. The van der Waals surface area contributed by atoms with E-state index in [4.69, 9.17) is 4.74 Å². The van der Waals surface area contributed by atoms with Gasteiger partial charge in [-0.15, -0.1) is 0 Å². The average molecular weight is 279 g/mol. The molecule has 82 valence electrons. The van der Waals surface area contributed by atoms with Gasteiger partial charge in [0.25, 0.3) is 0 Å². The number of ether oxygens (including phenoxy) is 1. The summed E-state index contributed by atoms with van der Waals surface area (Å²) in [6.07, 6.45) is 3.38. The molecule has 0 radical (unpaired) electrons. The van der Waals surface area contributed by atoms with E-state index in [-0.39, 0.29) is 0 Å². The summed E-state index contributed by atoms with van der Waals surface area (Å²) in [6.45, 7) is 2.56. The second-order valence-electron chi connectivity index (χ2n) is 3.18. The molecule has 0 saturated heterocycles. The van der Waals surface area contributed by atoms with Crippen LogP contribution >= 0.6 is 15.9 Å². The zero-order valence-electron chi connectivity index (χ0n) is 8.85. The number of aromatic nitrogens is 2. The Morgan fingerprint density at radius 1 is 1.12 bits per heavy atom. The lowest BCUT2D eigenvalue weighted by Crippen LogP contribution is -1.94. The average Bonchev–Trinajstić information content (AvgIpc) is 2.32. The van der Waals surface area contributed by atoms with Crippen LogP contribution in [-0.2, 0) is 0 Å². The molecule has 3 nitrogen and oxygen atoms in total. The molecular weight excluding hydrogens is 268 g/mol. The number of halogens is 1. The maximum absolute atomic E-state index is 5.28. The zero-order chi connectivity index (χ0) is 11.4. The van der Waals surface area contributed by atoms with Gasteiger partial charge in [-0.2, -0.15) is 0 Å². The standard InChI is InChI=1S/C12H11BrN2O/c1-2-16-11-7-14-12(15-8-11)9-3-5-10(13)6-4-9/h3-8H,2H2,1H3. The van der Waals surface area contributed by atoms with Crippen LogP contribution < -0.4 is 4.74 Å². The highest BCUT2D eigenvalue weighted by molar-refractivity contribution is 9.10. The molecule has 4 heteroatoms. The van der Waals surface area contributed by atoms with Gasteiger partial charge >= 0.3 is 0 Å². The van der Waals surface area contributed by atoms with Crippen LogP contribution in [0.3, 0.4) is 0 Å². The molecule has 0 fully saturated rings. The van der Waals surface area contributed by atoms with Gasteiger partial charge in [-0.25, -0.2) is 9.97 Å². The Hall–Kier alpha value is -1.42. The minimum atomic E-state index is 0.626. The van der Waals surface area contributed by atoms with Crippen molar-refractivity contribution in [1.82, 2.24) is 9.97 Å². The summed E-state index contributed by atoms with van der Waals surface area (Å²) in [7, 11) is 0. The van der Waals surface area contributed by atoms with Crippen LogP contribution in [0.2, 0.25) is 0 Å². The van der Waals surface area contributed by atoms with E-state index < -0.39 is 0 Å². The summed E-state index contributed by atoms with van der Waals surface area (Å²) < 4.78 is 6.33. The molecule has 2 rings (SSSR count). The minimum Gasteiger partial charge on any atom is -0.491 e. The maximum atomic E-state index is 5.28. The Balaban J connectivity index is 2.24. The van der Waals surface area contributed by atoms with Gasteiger partial charge in [0.15, 0.2) is 11.6 Å². The molecular formula is C12H11BrN2O. The molecule has 0 saturated carbocycles. The zero-order valence-corrected chi connectivity index (χ0v) is 10.4. The first-order chi connectivity index (χ1) is 7.79. The number of hydrogen-bond donors (Lipinski definition) is 0. The third-order valence-electron chi connectivity index (χ3n) is 2.04. The molecule has 0 spiro atoms. The first kappa shape index (κ1) is 11.1. The fourth-order valence-electron chi connectivity index (χ4n) is 1.31.